The lowest BCUT2D eigenvalue weighted by molar-refractivity contribution is 0.102. The molecule has 0 saturated carbocycles. The SMILES string of the molecule is CSc1ccc(NC(=O)c2cccc(CS(C)(=O)=O)c2)cc1. The number of amides is 1. The second-order valence-corrected chi connectivity index (χ2v) is 7.97. The maximum atomic E-state index is 12.2. The molecule has 2 aromatic rings. The van der Waals surface area contributed by atoms with Gasteiger partial charge in [0.25, 0.3) is 5.91 Å². The van der Waals surface area contributed by atoms with Gasteiger partial charge in [0.15, 0.2) is 9.84 Å². The van der Waals surface area contributed by atoms with E-state index in [1.807, 2.05) is 30.5 Å². The molecule has 6 heteroatoms. The molecule has 1 amide bonds. The molecule has 0 unspecified atom stereocenters. The van der Waals surface area contributed by atoms with Crippen molar-refractivity contribution in [2.75, 3.05) is 17.8 Å². The highest BCUT2D eigenvalue weighted by Gasteiger charge is 2.09. The van der Waals surface area contributed by atoms with Crippen molar-refractivity contribution >= 4 is 33.2 Å². The minimum Gasteiger partial charge on any atom is -0.322 e. The van der Waals surface area contributed by atoms with Crippen LogP contribution in [0.15, 0.2) is 53.4 Å². The Labute approximate surface area is 134 Å². The number of carbonyl (C=O) groups excluding carboxylic acids is 1. The van der Waals surface area contributed by atoms with E-state index in [9.17, 15) is 13.2 Å². The zero-order chi connectivity index (χ0) is 16.2. The summed E-state index contributed by atoms with van der Waals surface area (Å²) >= 11 is 1.63. The van der Waals surface area contributed by atoms with Crippen LogP contribution >= 0.6 is 11.8 Å². The van der Waals surface area contributed by atoms with Crippen molar-refractivity contribution in [3.63, 3.8) is 0 Å². The molecule has 0 fully saturated rings. The lowest BCUT2D eigenvalue weighted by Gasteiger charge is -2.07. The normalized spacial score (nSPS) is 11.2. The van der Waals surface area contributed by atoms with Gasteiger partial charge in [-0.2, -0.15) is 0 Å². The fourth-order valence-electron chi connectivity index (χ4n) is 1.98. The minimum absolute atomic E-state index is 0.0729. The van der Waals surface area contributed by atoms with E-state index in [0.717, 1.165) is 4.90 Å². The summed E-state index contributed by atoms with van der Waals surface area (Å²) in [6.45, 7) is 0. The van der Waals surface area contributed by atoms with E-state index in [2.05, 4.69) is 5.32 Å². The number of rotatable bonds is 5. The Morgan fingerprint density at radius 1 is 1.14 bits per heavy atom. The third-order valence-electron chi connectivity index (χ3n) is 2.97. The number of hydrogen-bond donors (Lipinski definition) is 1. The highest BCUT2D eigenvalue weighted by molar-refractivity contribution is 7.98. The van der Waals surface area contributed by atoms with Crippen LogP contribution in [-0.2, 0) is 15.6 Å². The molecule has 0 aliphatic heterocycles. The first kappa shape index (κ1) is 16.6. The maximum absolute atomic E-state index is 12.2. The van der Waals surface area contributed by atoms with Crippen LogP contribution in [0.25, 0.3) is 0 Å². The van der Waals surface area contributed by atoms with Crippen molar-refractivity contribution in [1.82, 2.24) is 0 Å². The fraction of sp³-hybridized carbons (Fsp3) is 0.188. The molecule has 0 radical (unpaired) electrons. The molecule has 0 atom stereocenters. The Hall–Kier alpha value is -1.79. The molecule has 0 heterocycles. The van der Waals surface area contributed by atoms with Gasteiger partial charge in [-0.15, -0.1) is 11.8 Å². The molecule has 1 N–H and O–H groups in total. The smallest absolute Gasteiger partial charge is 0.255 e. The van der Waals surface area contributed by atoms with Gasteiger partial charge < -0.3 is 5.32 Å². The fourth-order valence-corrected chi connectivity index (χ4v) is 3.18. The highest BCUT2D eigenvalue weighted by atomic mass is 32.2. The first-order valence-electron chi connectivity index (χ1n) is 6.59. The molecule has 2 aromatic carbocycles. The van der Waals surface area contributed by atoms with E-state index in [1.165, 1.54) is 6.26 Å². The average Bonchev–Trinajstić information content (AvgIpc) is 2.46. The predicted molar refractivity (Wildman–Crippen MR) is 91.2 cm³/mol. The predicted octanol–water partition coefficient (Wildman–Crippen LogP) is 3.21. The first-order chi connectivity index (χ1) is 10.4. The summed E-state index contributed by atoms with van der Waals surface area (Å²) in [6, 6.07) is 14.2. The van der Waals surface area contributed by atoms with E-state index in [4.69, 9.17) is 0 Å². The molecule has 4 nitrogen and oxygen atoms in total. The molecular weight excluding hydrogens is 318 g/mol. The van der Waals surface area contributed by atoms with Gasteiger partial charge in [-0.3, -0.25) is 4.79 Å². The second-order valence-electron chi connectivity index (χ2n) is 4.95. The molecule has 116 valence electrons. The van der Waals surface area contributed by atoms with E-state index in [-0.39, 0.29) is 11.7 Å². The number of sulfone groups is 1. The Morgan fingerprint density at radius 3 is 2.41 bits per heavy atom. The van der Waals surface area contributed by atoms with Gasteiger partial charge in [-0.05, 0) is 48.2 Å². The Balaban J connectivity index is 2.13. The Morgan fingerprint density at radius 2 is 1.82 bits per heavy atom. The molecule has 0 bridgehead atoms. The molecular formula is C16H17NO3S2. The topological polar surface area (TPSA) is 63.2 Å². The quantitative estimate of drug-likeness (QED) is 0.852. The summed E-state index contributed by atoms with van der Waals surface area (Å²) in [5.74, 6) is -0.330. The molecule has 0 aliphatic carbocycles. The van der Waals surface area contributed by atoms with Crippen LogP contribution in [0.1, 0.15) is 15.9 Å². The van der Waals surface area contributed by atoms with Gasteiger partial charge in [0, 0.05) is 22.4 Å². The van der Waals surface area contributed by atoms with Crippen LogP contribution in [0.2, 0.25) is 0 Å². The summed E-state index contributed by atoms with van der Waals surface area (Å²) in [4.78, 5) is 13.3. The molecule has 0 aromatic heterocycles. The van der Waals surface area contributed by atoms with Gasteiger partial charge in [-0.1, -0.05) is 12.1 Å². The second kappa shape index (κ2) is 6.98. The highest BCUT2D eigenvalue weighted by Crippen LogP contribution is 2.18. The first-order valence-corrected chi connectivity index (χ1v) is 9.88. The van der Waals surface area contributed by atoms with E-state index < -0.39 is 9.84 Å². The van der Waals surface area contributed by atoms with Crippen LogP contribution in [0, 0.1) is 0 Å². The zero-order valence-corrected chi connectivity index (χ0v) is 14.0. The minimum atomic E-state index is -3.12. The summed E-state index contributed by atoms with van der Waals surface area (Å²) in [5, 5.41) is 2.80. The number of hydrogen-bond acceptors (Lipinski definition) is 4. The van der Waals surface area contributed by atoms with E-state index in [1.54, 1.807) is 36.0 Å². The summed E-state index contributed by atoms with van der Waals surface area (Å²) in [6.07, 6.45) is 3.16. The van der Waals surface area contributed by atoms with Crippen LogP contribution < -0.4 is 5.32 Å². The maximum Gasteiger partial charge on any atom is 0.255 e. The van der Waals surface area contributed by atoms with Crippen molar-refractivity contribution in [3.05, 3.63) is 59.7 Å². The molecule has 0 spiro atoms. The van der Waals surface area contributed by atoms with E-state index >= 15 is 0 Å². The number of thioether (sulfide) groups is 1. The Kier molecular flexibility index (Phi) is 5.26. The van der Waals surface area contributed by atoms with Gasteiger partial charge in [0.05, 0.1) is 5.75 Å². The van der Waals surface area contributed by atoms with Gasteiger partial charge in [0.2, 0.25) is 0 Å². The summed E-state index contributed by atoms with van der Waals surface area (Å²) in [5.41, 5.74) is 1.75. The lowest BCUT2D eigenvalue weighted by atomic mass is 10.1. The van der Waals surface area contributed by atoms with Gasteiger partial charge >= 0.3 is 0 Å². The Bertz CT molecular complexity index is 768. The van der Waals surface area contributed by atoms with Crippen LogP contribution in [0.3, 0.4) is 0 Å². The van der Waals surface area contributed by atoms with Crippen LogP contribution in [-0.4, -0.2) is 26.8 Å². The van der Waals surface area contributed by atoms with E-state index in [0.29, 0.717) is 16.8 Å². The van der Waals surface area contributed by atoms with Gasteiger partial charge in [-0.25, -0.2) is 8.42 Å². The zero-order valence-electron chi connectivity index (χ0n) is 12.4. The lowest BCUT2D eigenvalue weighted by Crippen LogP contribution is -2.12. The number of benzene rings is 2. The standard InChI is InChI=1S/C16H17NO3S2/c1-21-15-8-6-14(7-9-15)17-16(18)13-5-3-4-12(10-13)11-22(2,19)20/h3-10H,11H2,1-2H3,(H,17,18). The van der Waals surface area contributed by atoms with Crippen molar-refractivity contribution in [2.45, 2.75) is 10.6 Å². The monoisotopic (exact) mass is 335 g/mol. The third-order valence-corrected chi connectivity index (χ3v) is 4.57. The molecule has 0 saturated heterocycles. The van der Waals surface area contributed by atoms with Crippen LogP contribution in [0.5, 0.6) is 0 Å². The summed E-state index contributed by atoms with van der Waals surface area (Å²) in [7, 11) is -3.12. The largest absolute Gasteiger partial charge is 0.322 e. The van der Waals surface area contributed by atoms with Crippen molar-refractivity contribution in [3.8, 4) is 0 Å². The summed E-state index contributed by atoms with van der Waals surface area (Å²) < 4.78 is 22.7. The number of anilines is 1. The van der Waals surface area contributed by atoms with Crippen molar-refractivity contribution < 1.29 is 13.2 Å². The number of carbonyl (C=O) groups is 1. The van der Waals surface area contributed by atoms with Crippen molar-refractivity contribution in [1.29, 1.82) is 0 Å². The van der Waals surface area contributed by atoms with Crippen LogP contribution in [0.4, 0.5) is 5.69 Å². The molecule has 0 aliphatic rings. The third kappa shape index (κ3) is 4.89. The van der Waals surface area contributed by atoms with Gasteiger partial charge in [0.1, 0.15) is 0 Å². The molecule has 22 heavy (non-hydrogen) atoms. The van der Waals surface area contributed by atoms with Crippen molar-refractivity contribution in [2.24, 2.45) is 0 Å². The average molecular weight is 335 g/mol. The molecule has 2 rings (SSSR count). The number of nitrogens with one attached hydrogen (secondary N) is 1.